The first-order chi connectivity index (χ1) is 9.21. The maximum atomic E-state index is 12.1. The van der Waals surface area contributed by atoms with Crippen LogP contribution in [0, 0.1) is 0 Å². The lowest BCUT2D eigenvalue weighted by atomic mass is 9.98. The Kier molecular flexibility index (Phi) is 3.67. The molecule has 4 nitrogen and oxygen atoms in total. The van der Waals surface area contributed by atoms with Gasteiger partial charge in [0.2, 0.25) is 0 Å². The number of anilines is 1. The number of cyclic esters (lactones) is 1. The molecule has 0 aliphatic carbocycles. The first-order valence-corrected chi connectivity index (χ1v) is 6.99. The molecule has 20 heavy (non-hydrogen) atoms. The molecule has 1 aliphatic heterocycles. The number of hydrogen-bond donors (Lipinski definition) is 0. The molecular weight excluding hydrogens is 252 g/mol. The Labute approximate surface area is 121 Å². The first-order valence-electron chi connectivity index (χ1n) is 6.99. The second kappa shape index (κ2) is 5.00. The van der Waals surface area contributed by atoms with E-state index in [1.54, 1.807) is 0 Å². The predicted octanol–water partition coefficient (Wildman–Crippen LogP) is 3.43. The highest BCUT2D eigenvalue weighted by atomic mass is 16.6. The number of ether oxygens (including phenoxy) is 1. The fraction of sp³-hybridized carbons (Fsp3) is 0.562. The summed E-state index contributed by atoms with van der Waals surface area (Å²) in [5, 5.41) is 0. The Morgan fingerprint density at radius 3 is 2.40 bits per heavy atom. The van der Waals surface area contributed by atoms with Gasteiger partial charge in [0.25, 0.3) is 0 Å². The molecule has 1 saturated heterocycles. The van der Waals surface area contributed by atoms with Crippen molar-refractivity contribution in [3.05, 3.63) is 29.8 Å². The molecule has 0 saturated carbocycles. The van der Waals surface area contributed by atoms with Gasteiger partial charge in [0.1, 0.15) is 6.10 Å². The van der Waals surface area contributed by atoms with E-state index < -0.39 is 0 Å². The van der Waals surface area contributed by atoms with Crippen LogP contribution in [0.15, 0.2) is 24.3 Å². The van der Waals surface area contributed by atoms with Crippen molar-refractivity contribution >= 4 is 11.8 Å². The van der Waals surface area contributed by atoms with E-state index in [0.29, 0.717) is 0 Å². The Bertz CT molecular complexity index is 505. The molecule has 0 radical (unpaired) electrons. The molecule has 0 bridgehead atoms. The monoisotopic (exact) mass is 276 g/mol. The van der Waals surface area contributed by atoms with E-state index in [1.807, 2.05) is 69.8 Å². The lowest BCUT2D eigenvalue weighted by molar-refractivity contribution is 0.119. The van der Waals surface area contributed by atoms with Gasteiger partial charge in [0.15, 0.2) is 0 Å². The quantitative estimate of drug-likeness (QED) is 0.829. The minimum Gasteiger partial charge on any atom is -0.439 e. The second-order valence-electron chi connectivity index (χ2n) is 6.58. The Morgan fingerprint density at radius 2 is 1.90 bits per heavy atom. The molecule has 0 unspecified atom stereocenters. The fourth-order valence-corrected chi connectivity index (χ4v) is 2.78. The van der Waals surface area contributed by atoms with Crippen LogP contribution >= 0.6 is 0 Å². The van der Waals surface area contributed by atoms with E-state index in [0.717, 1.165) is 11.3 Å². The number of rotatable bonds is 2. The number of hydrogen-bond acceptors (Lipinski definition) is 3. The summed E-state index contributed by atoms with van der Waals surface area (Å²) < 4.78 is 5.60. The highest BCUT2D eigenvalue weighted by molar-refractivity contribution is 5.72. The summed E-state index contributed by atoms with van der Waals surface area (Å²) in [6.07, 6.45) is -0.438. The van der Waals surface area contributed by atoms with E-state index in [9.17, 15) is 4.79 Å². The van der Waals surface area contributed by atoms with Crippen LogP contribution in [0.1, 0.15) is 39.4 Å². The summed E-state index contributed by atoms with van der Waals surface area (Å²) in [6, 6.07) is 8.19. The van der Waals surface area contributed by atoms with Crippen LogP contribution in [0.5, 0.6) is 0 Å². The third-order valence-electron chi connectivity index (χ3n) is 3.71. The summed E-state index contributed by atoms with van der Waals surface area (Å²) in [5.41, 5.74) is 1.92. The van der Waals surface area contributed by atoms with Crippen LogP contribution in [0.2, 0.25) is 0 Å². The van der Waals surface area contributed by atoms with Gasteiger partial charge in [-0.25, -0.2) is 4.79 Å². The van der Waals surface area contributed by atoms with E-state index in [4.69, 9.17) is 4.74 Å². The molecule has 2 atom stereocenters. The molecule has 2 rings (SSSR count). The number of carbonyl (C=O) groups excluding carboxylic acids is 1. The minimum absolute atomic E-state index is 0.0277. The molecule has 1 heterocycles. The summed E-state index contributed by atoms with van der Waals surface area (Å²) in [5.74, 6) is 0. The SMILES string of the molecule is C[C@H]1[C@@H](c2cccc(N(C)C)c2)OC(=O)N1C(C)(C)C. The average Bonchev–Trinajstić information content (AvgIpc) is 2.64. The van der Waals surface area contributed by atoms with Crippen molar-refractivity contribution in [1.82, 2.24) is 4.90 Å². The van der Waals surface area contributed by atoms with Gasteiger partial charge in [-0.15, -0.1) is 0 Å². The molecule has 0 spiro atoms. The van der Waals surface area contributed by atoms with E-state index in [2.05, 4.69) is 6.07 Å². The molecule has 110 valence electrons. The van der Waals surface area contributed by atoms with Gasteiger partial charge >= 0.3 is 6.09 Å². The number of benzene rings is 1. The fourth-order valence-electron chi connectivity index (χ4n) is 2.78. The van der Waals surface area contributed by atoms with E-state index in [-0.39, 0.29) is 23.8 Å². The molecular formula is C16H24N2O2. The summed E-state index contributed by atoms with van der Waals surface area (Å²) in [7, 11) is 4.01. The maximum Gasteiger partial charge on any atom is 0.411 e. The highest BCUT2D eigenvalue weighted by Crippen LogP contribution is 2.37. The third-order valence-corrected chi connectivity index (χ3v) is 3.71. The van der Waals surface area contributed by atoms with Crippen LogP contribution in [-0.4, -0.2) is 36.7 Å². The average molecular weight is 276 g/mol. The predicted molar refractivity (Wildman–Crippen MR) is 81.0 cm³/mol. The van der Waals surface area contributed by atoms with Crippen LogP contribution in [0.25, 0.3) is 0 Å². The summed E-state index contributed by atoms with van der Waals surface area (Å²) in [4.78, 5) is 16.0. The van der Waals surface area contributed by atoms with Crippen molar-refractivity contribution in [2.75, 3.05) is 19.0 Å². The van der Waals surface area contributed by atoms with Gasteiger partial charge in [-0.05, 0) is 45.4 Å². The molecule has 0 N–H and O–H groups in total. The molecule has 1 amide bonds. The second-order valence-corrected chi connectivity index (χ2v) is 6.58. The van der Waals surface area contributed by atoms with Crippen LogP contribution in [-0.2, 0) is 4.74 Å². The minimum atomic E-state index is -0.232. The maximum absolute atomic E-state index is 12.1. The zero-order valence-electron chi connectivity index (χ0n) is 13.2. The van der Waals surface area contributed by atoms with Crippen molar-refractivity contribution < 1.29 is 9.53 Å². The molecule has 1 aromatic rings. The van der Waals surface area contributed by atoms with Gasteiger partial charge < -0.3 is 9.64 Å². The van der Waals surface area contributed by atoms with Gasteiger partial charge in [0.05, 0.1) is 6.04 Å². The molecule has 0 aromatic heterocycles. The molecule has 1 fully saturated rings. The van der Waals surface area contributed by atoms with Gasteiger partial charge in [-0.2, -0.15) is 0 Å². The number of nitrogens with zero attached hydrogens (tertiary/aromatic N) is 2. The Morgan fingerprint density at radius 1 is 1.25 bits per heavy atom. The largest absolute Gasteiger partial charge is 0.439 e. The van der Waals surface area contributed by atoms with Crippen molar-refractivity contribution in [3.8, 4) is 0 Å². The number of amides is 1. The molecule has 4 heteroatoms. The summed E-state index contributed by atoms with van der Waals surface area (Å²) >= 11 is 0. The van der Waals surface area contributed by atoms with E-state index in [1.165, 1.54) is 0 Å². The lowest BCUT2D eigenvalue weighted by Crippen LogP contribution is -2.46. The number of carbonyl (C=O) groups is 1. The van der Waals surface area contributed by atoms with Crippen LogP contribution in [0.4, 0.5) is 10.5 Å². The molecule has 1 aromatic carbocycles. The first kappa shape index (κ1) is 14.7. The van der Waals surface area contributed by atoms with Crippen LogP contribution < -0.4 is 4.90 Å². The van der Waals surface area contributed by atoms with Crippen molar-refractivity contribution in [3.63, 3.8) is 0 Å². The highest BCUT2D eigenvalue weighted by Gasteiger charge is 2.44. The molecule has 1 aliphatic rings. The Balaban J connectivity index is 2.31. The lowest BCUT2D eigenvalue weighted by Gasteiger charge is -2.33. The van der Waals surface area contributed by atoms with Gasteiger partial charge in [-0.3, -0.25) is 4.90 Å². The van der Waals surface area contributed by atoms with Crippen molar-refractivity contribution in [2.45, 2.75) is 45.4 Å². The normalized spacial score (nSPS) is 22.9. The van der Waals surface area contributed by atoms with Crippen molar-refractivity contribution in [2.24, 2.45) is 0 Å². The zero-order valence-corrected chi connectivity index (χ0v) is 13.2. The van der Waals surface area contributed by atoms with Crippen LogP contribution in [0.3, 0.4) is 0 Å². The van der Waals surface area contributed by atoms with Gasteiger partial charge in [-0.1, -0.05) is 12.1 Å². The standard InChI is InChI=1S/C16H24N2O2/c1-11-14(20-15(19)18(11)16(2,3)4)12-8-7-9-13(10-12)17(5)6/h7-11,14H,1-6H3/t11-,14-/m0/s1. The van der Waals surface area contributed by atoms with Crippen molar-refractivity contribution in [1.29, 1.82) is 0 Å². The van der Waals surface area contributed by atoms with E-state index >= 15 is 0 Å². The topological polar surface area (TPSA) is 32.8 Å². The third kappa shape index (κ3) is 2.60. The summed E-state index contributed by atoms with van der Waals surface area (Å²) in [6.45, 7) is 8.14. The zero-order chi connectivity index (χ0) is 15.1. The smallest absolute Gasteiger partial charge is 0.411 e. The Hall–Kier alpha value is -1.71. The van der Waals surface area contributed by atoms with Gasteiger partial charge in [0, 0.05) is 25.3 Å².